The van der Waals surface area contributed by atoms with E-state index in [0.717, 1.165) is 17.7 Å². The molecule has 0 unspecified atom stereocenters. The van der Waals surface area contributed by atoms with Crippen LogP contribution in [-0.4, -0.2) is 32.1 Å². The Bertz CT molecular complexity index is 924. The monoisotopic (exact) mass is 408 g/mol. The standard InChI is InChI=1S/C20H19F3N2O4/c1-13-6-4-9-16(18(25-28-3)19(26)27-2)17(13)12-29-24-11-14-7-5-8-15(10-14)20(21,22)23/h4-11H,12H2,1-3H3/b24-11+,25-18+. The maximum Gasteiger partial charge on any atom is 0.416 e. The largest absolute Gasteiger partial charge is 0.464 e. The summed E-state index contributed by atoms with van der Waals surface area (Å²) in [5.74, 6) is -0.689. The molecule has 0 N–H and O–H groups in total. The second-order valence-electron chi connectivity index (χ2n) is 5.85. The topological polar surface area (TPSA) is 69.5 Å². The van der Waals surface area contributed by atoms with Gasteiger partial charge in [0.1, 0.15) is 13.7 Å². The lowest BCUT2D eigenvalue weighted by atomic mass is 9.99. The number of hydrogen-bond donors (Lipinski definition) is 0. The fourth-order valence-electron chi connectivity index (χ4n) is 2.50. The van der Waals surface area contributed by atoms with Crippen molar-refractivity contribution in [2.24, 2.45) is 10.3 Å². The summed E-state index contributed by atoms with van der Waals surface area (Å²) in [7, 11) is 2.52. The molecule has 0 fully saturated rings. The van der Waals surface area contributed by atoms with Crippen molar-refractivity contribution < 1.29 is 32.4 Å². The molecule has 6 nitrogen and oxygen atoms in total. The highest BCUT2D eigenvalue weighted by atomic mass is 19.4. The number of ether oxygens (including phenoxy) is 1. The van der Waals surface area contributed by atoms with Crippen LogP contribution in [0.1, 0.15) is 27.8 Å². The average molecular weight is 408 g/mol. The lowest BCUT2D eigenvalue weighted by Gasteiger charge is -2.12. The van der Waals surface area contributed by atoms with E-state index in [1.54, 1.807) is 25.1 Å². The van der Waals surface area contributed by atoms with E-state index in [4.69, 9.17) is 14.4 Å². The molecule has 0 radical (unpaired) electrons. The Morgan fingerprint density at radius 3 is 2.52 bits per heavy atom. The van der Waals surface area contributed by atoms with Gasteiger partial charge in [-0.25, -0.2) is 4.79 Å². The van der Waals surface area contributed by atoms with Crippen molar-refractivity contribution in [3.63, 3.8) is 0 Å². The van der Waals surface area contributed by atoms with E-state index in [1.165, 1.54) is 32.6 Å². The van der Waals surface area contributed by atoms with Gasteiger partial charge in [0.2, 0.25) is 0 Å². The lowest BCUT2D eigenvalue weighted by molar-refractivity contribution is -0.137. The van der Waals surface area contributed by atoms with Crippen LogP contribution in [0, 0.1) is 6.92 Å². The number of esters is 1. The molecule has 0 saturated heterocycles. The van der Waals surface area contributed by atoms with E-state index in [2.05, 4.69) is 10.3 Å². The highest BCUT2D eigenvalue weighted by Gasteiger charge is 2.30. The van der Waals surface area contributed by atoms with Crippen LogP contribution in [0.2, 0.25) is 0 Å². The van der Waals surface area contributed by atoms with E-state index in [0.29, 0.717) is 11.1 Å². The summed E-state index contributed by atoms with van der Waals surface area (Å²) in [6.45, 7) is 1.76. The Hall–Kier alpha value is -3.36. The third kappa shape index (κ3) is 5.81. The molecule has 2 aromatic rings. The third-order valence-electron chi connectivity index (χ3n) is 3.93. The predicted octanol–water partition coefficient (Wildman–Crippen LogP) is 4.09. The summed E-state index contributed by atoms with van der Waals surface area (Å²) >= 11 is 0. The van der Waals surface area contributed by atoms with Gasteiger partial charge in [0.25, 0.3) is 0 Å². The van der Waals surface area contributed by atoms with E-state index < -0.39 is 17.7 Å². The number of benzene rings is 2. The van der Waals surface area contributed by atoms with E-state index in [-0.39, 0.29) is 17.9 Å². The Labute approximate surface area is 165 Å². The Morgan fingerprint density at radius 1 is 1.14 bits per heavy atom. The van der Waals surface area contributed by atoms with Gasteiger partial charge in [0.15, 0.2) is 5.71 Å². The minimum atomic E-state index is -4.44. The fourth-order valence-corrected chi connectivity index (χ4v) is 2.50. The molecule has 0 bridgehead atoms. The predicted molar refractivity (Wildman–Crippen MR) is 101 cm³/mol. The first-order valence-electron chi connectivity index (χ1n) is 8.38. The van der Waals surface area contributed by atoms with Gasteiger partial charge < -0.3 is 14.4 Å². The second kappa shape index (κ2) is 9.72. The summed E-state index contributed by atoms with van der Waals surface area (Å²) in [4.78, 5) is 22.0. The Balaban J connectivity index is 2.20. The zero-order chi connectivity index (χ0) is 21.4. The number of oxime groups is 2. The van der Waals surface area contributed by atoms with Gasteiger partial charge in [-0.1, -0.05) is 40.6 Å². The van der Waals surface area contributed by atoms with Crippen molar-refractivity contribution in [3.05, 3.63) is 70.3 Å². The molecule has 154 valence electrons. The molecular weight excluding hydrogens is 389 g/mol. The number of alkyl halides is 3. The van der Waals surface area contributed by atoms with Gasteiger partial charge >= 0.3 is 12.1 Å². The van der Waals surface area contributed by atoms with Crippen molar-refractivity contribution in [2.45, 2.75) is 19.7 Å². The molecule has 0 aliphatic rings. The minimum Gasteiger partial charge on any atom is -0.464 e. The average Bonchev–Trinajstić information content (AvgIpc) is 2.69. The van der Waals surface area contributed by atoms with Crippen LogP contribution in [-0.2, 0) is 32.0 Å². The van der Waals surface area contributed by atoms with Crippen LogP contribution in [0.4, 0.5) is 13.2 Å². The fraction of sp³-hybridized carbons (Fsp3) is 0.250. The van der Waals surface area contributed by atoms with Crippen molar-refractivity contribution >= 4 is 17.9 Å². The Kier molecular flexibility index (Phi) is 7.35. The zero-order valence-electron chi connectivity index (χ0n) is 16.0. The second-order valence-corrected chi connectivity index (χ2v) is 5.85. The maximum absolute atomic E-state index is 12.8. The molecule has 0 aliphatic carbocycles. The van der Waals surface area contributed by atoms with E-state index in [1.807, 2.05) is 0 Å². The van der Waals surface area contributed by atoms with Crippen LogP contribution in [0.15, 0.2) is 52.8 Å². The number of carbonyl (C=O) groups is 1. The lowest BCUT2D eigenvalue weighted by Crippen LogP contribution is -2.20. The number of nitrogens with zero attached hydrogens (tertiary/aromatic N) is 2. The summed E-state index contributed by atoms with van der Waals surface area (Å²) in [5, 5.41) is 7.45. The molecule has 0 aliphatic heterocycles. The smallest absolute Gasteiger partial charge is 0.416 e. The van der Waals surface area contributed by atoms with Gasteiger partial charge in [-0.15, -0.1) is 0 Å². The third-order valence-corrected chi connectivity index (χ3v) is 3.93. The number of aryl methyl sites for hydroxylation is 1. The first kappa shape index (κ1) is 21.9. The summed E-state index contributed by atoms with van der Waals surface area (Å²) in [5.41, 5.74) is 1.26. The van der Waals surface area contributed by atoms with Gasteiger partial charge in [-0.05, 0) is 30.2 Å². The number of methoxy groups -OCH3 is 1. The molecule has 0 atom stereocenters. The first-order valence-corrected chi connectivity index (χ1v) is 8.38. The van der Waals surface area contributed by atoms with Crippen LogP contribution in [0.25, 0.3) is 0 Å². The first-order chi connectivity index (χ1) is 13.8. The molecular formula is C20H19F3N2O4. The number of carbonyl (C=O) groups excluding carboxylic acids is 1. The molecule has 2 rings (SSSR count). The van der Waals surface area contributed by atoms with Crippen molar-refractivity contribution in [2.75, 3.05) is 14.2 Å². The van der Waals surface area contributed by atoms with Crippen LogP contribution < -0.4 is 0 Å². The van der Waals surface area contributed by atoms with Crippen molar-refractivity contribution in [3.8, 4) is 0 Å². The molecule has 0 aromatic heterocycles. The van der Waals surface area contributed by atoms with Gasteiger partial charge in [-0.2, -0.15) is 13.2 Å². The summed E-state index contributed by atoms with van der Waals surface area (Å²) in [6.07, 6.45) is -3.26. The maximum atomic E-state index is 12.8. The van der Waals surface area contributed by atoms with Crippen LogP contribution >= 0.6 is 0 Å². The highest BCUT2D eigenvalue weighted by Crippen LogP contribution is 2.29. The molecule has 0 spiro atoms. The normalized spacial score (nSPS) is 12.1. The summed E-state index contributed by atoms with van der Waals surface area (Å²) in [6, 6.07) is 9.88. The van der Waals surface area contributed by atoms with E-state index in [9.17, 15) is 18.0 Å². The minimum absolute atomic E-state index is 0.0424. The van der Waals surface area contributed by atoms with Gasteiger partial charge in [0.05, 0.1) is 18.9 Å². The van der Waals surface area contributed by atoms with Crippen molar-refractivity contribution in [1.82, 2.24) is 0 Å². The molecule has 0 heterocycles. The van der Waals surface area contributed by atoms with E-state index >= 15 is 0 Å². The van der Waals surface area contributed by atoms with Crippen LogP contribution in [0.3, 0.4) is 0 Å². The number of halogens is 3. The quantitative estimate of drug-likeness (QED) is 0.393. The zero-order valence-corrected chi connectivity index (χ0v) is 16.0. The molecule has 0 saturated carbocycles. The SMILES string of the molecule is CO/N=C(/C(=O)OC)c1cccc(C)c1CO/N=C/c1cccc(C(F)(F)F)c1. The summed E-state index contributed by atoms with van der Waals surface area (Å²) < 4.78 is 43.0. The highest BCUT2D eigenvalue weighted by molar-refractivity contribution is 6.43. The molecule has 2 aromatic carbocycles. The molecule has 29 heavy (non-hydrogen) atoms. The molecule has 9 heteroatoms. The Morgan fingerprint density at radius 2 is 1.86 bits per heavy atom. The van der Waals surface area contributed by atoms with Gasteiger partial charge in [-0.3, -0.25) is 0 Å². The van der Waals surface area contributed by atoms with Crippen molar-refractivity contribution in [1.29, 1.82) is 0 Å². The number of rotatable bonds is 7. The number of hydrogen-bond acceptors (Lipinski definition) is 6. The molecule has 0 amide bonds. The van der Waals surface area contributed by atoms with Crippen LogP contribution in [0.5, 0.6) is 0 Å². The van der Waals surface area contributed by atoms with Gasteiger partial charge in [0, 0.05) is 11.1 Å².